The lowest BCUT2D eigenvalue weighted by molar-refractivity contribution is 0.0765. The molecule has 2 amide bonds. The topological polar surface area (TPSA) is 140 Å². The van der Waals surface area contributed by atoms with E-state index in [-0.39, 0.29) is 11.8 Å². The van der Waals surface area contributed by atoms with Crippen LogP contribution < -0.4 is 16.9 Å². The smallest absolute Gasteiger partial charge is 0.423 e. The van der Waals surface area contributed by atoms with Gasteiger partial charge < -0.3 is 41.1 Å². The molecule has 4 aromatic carbocycles. The Kier molecular flexibility index (Phi) is 19.1. The van der Waals surface area contributed by atoms with E-state index >= 15 is 0 Å². The minimum Gasteiger partial charge on any atom is -0.423 e. The zero-order valence-electron chi connectivity index (χ0n) is 36.3. The van der Waals surface area contributed by atoms with E-state index in [2.05, 4.69) is 58.0 Å². The third-order valence-corrected chi connectivity index (χ3v) is 12.3. The van der Waals surface area contributed by atoms with Crippen molar-refractivity contribution in [3.8, 4) is 0 Å². The van der Waals surface area contributed by atoms with E-state index in [1.54, 1.807) is 24.3 Å². The average molecular weight is 880 g/mol. The van der Waals surface area contributed by atoms with Crippen molar-refractivity contribution in [2.75, 3.05) is 77.9 Å². The quantitative estimate of drug-likeness (QED) is 0.0968. The first-order valence-electron chi connectivity index (χ1n) is 21.1. The minimum absolute atomic E-state index is 0.0873. The van der Waals surface area contributed by atoms with Crippen LogP contribution in [-0.4, -0.2) is 115 Å². The van der Waals surface area contributed by atoms with Crippen molar-refractivity contribution in [3.63, 3.8) is 0 Å². The van der Waals surface area contributed by atoms with E-state index in [0.29, 0.717) is 11.2 Å². The molecule has 2 aliphatic heterocycles. The molecule has 2 heterocycles. The molecule has 6 rings (SSSR count). The summed E-state index contributed by atoms with van der Waals surface area (Å²) >= 11 is 3.75. The first-order chi connectivity index (χ1) is 28.8. The molecule has 2 fully saturated rings. The fraction of sp³-hybridized carbons (Fsp3) is 0.375. The minimum atomic E-state index is -1.47. The average Bonchev–Trinajstić information content (AvgIpc) is 3.26. The second-order valence-electron chi connectivity index (χ2n) is 15.2. The summed E-state index contributed by atoms with van der Waals surface area (Å²) in [5.74, 6) is 0.198. The van der Waals surface area contributed by atoms with Crippen LogP contribution in [0.15, 0.2) is 108 Å². The fourth-order valence-corrected chi connectivity index (χ4v) is 8.06. The highest BCUT2D eigenvalue weighted by Gasteiger charge is 2.20. The predicted molar refractivity (Wildman–Crippen MR) is 254 cm³/mol. The van der Waals surface area contributed by atoms with Gasteiger partial charge in [0.2, 0.25) is 0 Å². The highest BCUT2D eigenvalue weighted by molar-refractivity contribution is 9.15. The normalized spacial score (nSPS) is 14.2. The van der Waals surface area contributed by atoms with Gasteiger partial charge in [-0.2, -0.15) is 0 Å². The first kappa shape index (κ1) is 48.0. The maximum Gasteiger partial charge on any atom is 0.490 e. The van der Waals surface area contributed by atoms with Gasteiger partial charge >= 0.3 is 7.12 Å². The number of carbonyl (C=O) groups is 2. The Morgan fingerprint density at radius 2 is 0.967 bits per heavy atom. The third kappa shape index (κ3) is 13.1. The molecule has 0 bridgehead atoms. The lowest BCUT2D eigenvalue weighted by atomic mass is 9.79. The number of amides is 2. The lowest BCUT2D eigenvalue weighted by Crippen LogP contribution is -2.31. The predicted octanol–water partition coefficient (Wildman–Crippen LogP) is 7.23. The summed E-state index contributed by atoms with van der Waals surface area (Å²) in [6.45, 7) is 15.3. The van der Waals surface area contributed by atoms with Crippen molar-refractivity contribution >= 4 is 61.8 Å². The van der Waals surface area contributed by atoms with Crippen LogP contribution in [0.4, 0.5) is 11.4 Å². The van der Waals surface area contributed by atoms with Crippen molar-refractivity contribution in [1.29, 1.82) is 0 Å². The van der Waals surface area contributed by atoms with E-state index in [9.17, 15) is 9.59 Å². The van der Waals surface area contributed by atoms with Crippen LogP contribution in [0.5, 0.6) is 0 Å². The van der Waals surface area contributed by atoms with Gasteiger partial charge in [-0.05, 0) is 121 Å². The van der Waals surface area contributed by atoms with Crippen LogP contribution in [0.25, 0.3) is 10.1 Å². The summed E-state index contributed by atoms with van der Waals surface area (Å²) in [7, 11) is 2.86. The standard InChI is InChI=1S/C24H31N3O.C18H25BrN2O.C6H8BNO2/c1-4-27(5-2)24(28)20-12-10-18(11-13-20)23(19-14-16-26(3)17-15-19)21-8-6-7-9-22(21)25;1-4-21(5-2)18(22)16-8-6-14(7-9-16)17(19)15-10-12-20(3)13-11-15;8-6-4-2-1-3-5(6)7(9)10/h6-13H,4-5,14-17,25H2,1-3H3;6-9H,4-5,10-13H2,1-3H3;1-4,9-10H,8H2. The van der Waals surface area contributed by atoms with Crippen molar-refractivity contribution < 1.29 is 19.6 Å². The van der Waals surface area contributed by atoms with Crippen molar-refractivity contribution in [1.82, 2.24) is 19.6 Å². The van der Waals surface area contributed by atoms with Gasteiger partial charge in [0.15, 0.2) is 0 Å². The Morgan fingerprint density at radius 3 is 1.37 bits per heavy atom. The number of nitrogen functional groups attached to an aromatic ring is 2. The summed E-state index contributed by atoms with van der Waals surface area (Å²) in [5, 5.41) is 17.4. The molecule has 2 saturated heterocycles. The van der Waals surface area contributed by atoms with Gasteiger partial charge in [-0.3, -0.25) is 9.59 Å². The summed E-state index contributed by atoms with van der Waals surface area (Å²) in [4.78, 5) is 33.4. The molecule has 12 heteroatoms. The first-order valence-corrected chi connectivity index (χ1v) is 21.9. The van der Waals surface area contributed by atoms with Gasteiger partial charge in [-0.1, -0.05) is 87.7 Å². The number of carbonyl (C=O) groups excluding carboxylic acids is 2. The Balaban J connectivity index is 0.000000220. The number of hydrogen-bond donors (Lipinski definition) is 4. The molecule has 320 valence electrons. The highest BCUT2D eigenvalue weighted by Crippen LogP contribution is 2.35. The van der Waals surface area contributed by atoms with Gasteiger partial charge in [0.1, 0.15) is 0 Å². The molecule has 0 saturated carbocycles. The van der Waals surface area contributed by atoms with Crippen molar-refractivity contribution in [3.05, 3.63) is 136 Å². The molecule has 10 nitrogen and oxygen atoms in total. The Bertz CT molecular complexity index is 2040. The van der Waals surface area contributed by atoms with Gasteiger partial charge in [0, 0.05) is 90.4 Å². The Morgan fingerprint density at radius 1 is 0.583 bits per heavy atom. The summed E-state index contributed by atoms with van der Waals surface area (Å²) < 4.78 is 1.20. The van der Waals surface area contributed by atoms with Crippen molar-refractivity contribution in [2.24, 2.45) is 0 Å². The van der Waals surface area contributed by atoms with E-state index < -0.39 is 7.12 Å². The maximum absolute atomic E-state index is 12.6. The number of piperidine rings is 2. The highest BCUT2D eigenvalue weighted by atomic mass is 79.9. The lowest BCUT2D eigenvalue weighted by Gasteiger charge is -2.27. The SMILES string of the molecule is CCN(CC)C(=O)c1ccc(C(=C2CCN(C)CC2)c2ccccc2N)cc1.CCN(CC)C(=O)c1ccc(C(Br)=C2CCN(C)CC2)cc1.Nc1ccccc1B(O)O. The second-order valence-corrected chi connectivity index (χ2v) is 16.0. The molecule has 0 unspecified atom stereocenters. The number of rotatable bonds is 10. The van der Waals surface area contributed by atoms with E-state index in [0.717, 1.165) is 112 Å². The van der Waals surface area contributed by atoms with Crippen LogP contribution in [0, 0.1) is 0 Å². The van der Waals surface area contributed by atoms with Gasteiger partial charge in [-0.15, -0.1) is 0 Å². The molecule has 2 aliphatic rings. The van der Waals surface area contributed by atoms with E-state index in [4.69, 9.17) is 21.5 Å². The van der Waals surface area contributed by atoms with Gasteiger partial charge in [0.25, 0.3) is 11.8 Å². The Hall–Kier alpha value is -4.72. The van der Waals surface area contributed by atoms with Crippen LogP contribution in [0.2, 0.25) is 0 Å². The fourth-order valence-electron chi connectivity index (χ4n) is 7.40. The number of hydrogen-bond acceptors (Lipinski definition) is 8. The molecule has 4 aromatic rings. The second kappa shape index (κ2) is 23.9. The molecule has 6 N–H and O–H groups in total. The zero-order chi connectivity index (χ0) is 43.8. The molecule has 0 radical (unpaired) electrons. The number of benzene rings is 4. The van der Waals surface area contributed by atoms with E-state index in [1.807, 2.05) is 92.1 Å². The molecule has 0 spiro atoms. The number of nitrogens with two attached hydrogens (primary N) is 2. The largest absolute Gasteiger partial charge is 0.490 e. The molecule has 60 heavy (non-hydrogen) atoms. The van der Waals surface area contributed by atoms with Gasteiger partial charge in [0.05, 0.1) is 0 Å². The van der Waals surface area contributed by atoms with Crippen LogP contribution in [0.3, 0.4) is 0 Å². The molecule has 0 aliphatic carbocycles. The summed E-state index contributed by atoms with van der Waals surface area (Å²) in [5.41, 5.74) is 22.3. The maximum atomic E-state index is 12.6. The zero-order valence-corrected chi connectivity index (χ0v) is 37.9. The van der Waals surface area contributed by atoms with Crippen LogP contribution in [-0.2, 0) is 0 Å². The Labute approximate surface area is 366 Å². The van der Waals surface area contributed by atoms with Crippen molar-refractivity contribution in [2.45, 2.75) is 53.4 Å². The third-order valence-electron chi connectivity index (χ3n) is 11.3. The molecule has 0 aromatic heterocycles. The monoisotopic (exact) mass is 878 g/mol. The molecule has 0 atom stereocenters. The van der Waals surface area contributed by atoms with E-state index in [1.165, 1.54) is 21.2 Å². The number of likely N-dealkylation sites (tertiary alicyclic amines) is 2. The van der Waals surface area contributed by atoms with Crippen LogP contribution in [0.1, 0.15) is 90.8 Å². The number of halogens is 1. The summed E-state index contributed by atoms with van der Waals surface area (Å²) in [6, 6.07) is 30.7. The summed E-state index contributed by atoms with van der Waals surface area (Å²) in [6.07, 6.45) is 4.30. The number of nitrogens with zero attached hydrogens (tertiary/aromatic N) is 4. The number of anilines is 2. The number of para-hydroxylation sites is 2. The molecular weight excluding hydrogens is 815 g/mol. The van der Waals surface area contributed by atoms with Gasteiger partial charge in [-0.25, -0.2) is 0 Å². The molecular formula is C48H64BBrN6O4. The van der Waals surface area contributed by atoms with Crippen LogP contribution >= 0.6 is 15.9 Å².